The highest BCUT2D eigenvalue weighted by Crippen LogP contribution is 2.16. The summed E-state index contributed by atoms with van der Waals surface area (Å²) in [5, 5.41) is 8.83. The number of benzene rings is 1. The molecule has 0 spiro atoms. The molecule has 0 aliphatic carbocycles. The SMILES string of the molecule is C[C@H](Cc1ccccc1)[C@H](C)C(=O)O. The molecule has 0 radical (unpaired) electrons. The molecule has 0 bridgehead atoms. The Labute approximate surface area is 84.6 Å². The van der Waals surface area contributed by atoms with E-state index in [2.05, 4.69) is 0 Å². The maximum atomic E-state index is 10.7. The van der Waals surface area contributed by atoms with Gasteiger partial charge in [0.15, 0.2) is 0 Å². The van der Waals surface area contributed by atoms with Crippen molar-refractivity contribution in [3.8, 4) is 0 Å². The summed E-state index contributed by atoms with van der Waals surface area (Å²) in [5.41, 5.74) is 1.20. The predicted octanol–water partition coefficient (Wildman–Crippen LogP) is 2.59. The Morgan fingerprint density at radius 2 is 1.86 bits per heavy atom. The summed E-state index contributed by atoms with van der Waals surface area (Å²) in [5.74, 6) is -0.821. The van der Waals surface area contributed by atoms with Gasteiger partial charge in [0.2, 0.25) is 0 Å². The second-order valence-corrected chi connectivity index (χ2v) is 3.79. The molecule has 76 valence electrons. The summed E-state index contributed by atoms with van der Waals surface area (Å²) >= 11 is 0. The van der Waals surface area contributed by atoms with Crippen LogP contribution in [0.5, 0.6) is 0 Å². The van der Waals surface area contributed by atoms with Crippen molar-refractivity contribution in [3.63, 3.8) is 0 Å². The highest BCUT2D eigenvalue weighted by atomic mass is 16.4. The van der Waals surface area contributed by atoms with Crippen LogP contribution in [0.4, 0.5) is 0 Å². The van der Waals surface area contributed by atoms with Crippen LogP contribution < -0.4 is 0 Å². The molecule has 0 saturated heterocycles. The first-order valence-electron chi connectivity index (χ1n) is 4.88. The zero-order valence-electron chi connectivity index (χ0n) is 8.60. The van der Waals surface area contributed by atoms with Crippen molar-refractivity contribution in [2.75, 3.05) is 0 Å². The summed E-state index contributed by atoms with van der Waals surface area (Å²) in [6.07, 6.45) is 0.828. The number of hydrogen-bond donors (Lipinski definition) is 1. The third kappa shape index (κ3) is 2.87. The minimum atomic E-state index is -0.714. The Morgan fingerprint density at radius 1 is 1.29 bits per heavy atom. The molecule has 2 nitrogen and oxygen atoms in total. The summed E-state index contributed by atoms with van der Waals surface area (Å²) in [6.45, 7) is 3.74. The lowest BCUT2D eigenvalue weighted by Gasteiger charge is -2.15. The van der Waals surface area contributed by atoms with E-state index in [0.717, 1.165) is 6.42 Å². The summed E-state index contributed by atoms with van der Waals surface area (Å²) in [7, 11) is 0. The first kappa shape index (κ1) is 10.8. The van der Waals surface area contributed by atoms with E-state index in [1.165, 1.54) is 5.56 Å². The van der Waals surface area contributed by atoms with Crippen molar-refractivity contribution >= 4 is 5.97 Å². The first-order chi connectivity index (χ1) is 6.61. The minimum Gasteiger partial charge on any atom is -0.481 e. The molecule has 0 heterocycles. The standard InChI is InChI=1S/C12H16O2/c1-9(10(2)12(13)14)8-11-6-4-3-5-7-11/h3-7,9-10H,8H2,1-2H3,(H,13,14)/t9-,10+/m1/s1. The van der Waals surface area contributed by atoms with E-state index in [1.807, 2.05) is 37.3 Å². The molecule has 0 aromatic heterocycles. The summed E-state index contributed by atoms with van der Waals surface area (Å²) < 4.78 is 0. The molecule has 1 rings (SSSR count). The molecule has 2 atom stereocenters. The van der Waals surface area contributed by atoms with E-state index in [-0.39, 0.29) is 11.8 Å². The lowest BCUT2D eigenvalue weighted by Crippen LogP contribution is -2.19. The average Bonchev–Trinajstić information content (AvgIpc) is 2.18. The van der Waals surface area contributed by atoms with Gasteiger partial charge in [0, 0.05) is 0 Å². The fourth-order valence-corrected chi connectivity index (χ4v) is 1.41. The van der Waals surface area contributed by atoms with E-state index in [1.54, 1.807) is 6.92 Å². The molecule has 1 N–H and O–H groups in total. The second-order valence-electron chi connectivity index (χ2n) is 3.79. The molecule has 0 fully saturated rings. The lowest BCUT2D eigenvalue weighted by atomic mass is 9.90. The van der Waals surface area contributed by atoms with Crippen molar-refractivity contribution < 1.29 is 9.90 Å². The Morgan fingerprint density at radius 3 is 2.36 bits per heavy atom. The highest BCUT2D eigenvalue weighted by Gasteiger charge is 2.19. The Kier molecular flexibility index (Phi) is 3.69. The van der Waals surface area contributed by atoms with Crippen LogP contribution in [0, 0.1) is 11.8 Å². The summed E-state index contributed by atoms with van der Waals surface area (Å²) in [6, 6.07) is 9.99. The monoisotopic (exact) mass is 192 g/mol. The zero-order chi connectivity index (χ0) is 10.6. The molecule has 0 aliphatic heterocycles. The van der Waals surface area contributed by atoms with Gasteiger partial charge in [0.1, 0.15) is 0 Å². The van der Waals surface area contributed by atoms with Crippen LogP contribution in [-0.2, 0) is 11.2 Å². The van der Waals surface area contributed by atoms with Crippen LogP contribution in [0.2, 0.25) is 0 Å². The van der Waals surface area contributed by atoms with Gasteiger partial charge in [0.25, 0.3) is 0 Å². The molecule has 0 saturated carbocycles. The van der Waals surface area contributed by atoms with Crippen LogP contribution in [0.15, 0.2) is 30.3 Å². The van der Waals surface area contributed by atoms with Gasteiger partial charge >= 0.3 is 5.97 Å². The first-order valence-corrected chi connectivity index (χ1v) is 4.88. The molecule has 2 heteroatoms. The van der Waals surface area contributed by atoms with Crippen LogP contribution >= 0.6 is 0 Å². The summed E-state index contributed by atoms with van der Waals surface area (Å²) in [4.78, 5) is 10.7. The van der Waals surface area contributed by atoms with Crippen molar-refractivity contribution in [2.45, 2.75) is 20.3 Å². The number of carboxylic acid groups (broad SMARTS) is 1. The van der Waals surface area contributed by atoms with Crippen LogP contribution in [0.1, 0.15) is 19.4 Å². The van der Waals surface area contributed by atoms with E-state index in [0.29, 0.717) is 0 Å². The fourth-order valence-electron chi connectivity index (χ4n) is 1.41. The van der Waals surface area contributed by atoms with Crippen molar-refractivity contribution in [1.29, 1.82) is 0 Å². The molecule has 0 aliphatic rings. The maximum absolute atomic E-state index is 10.7. The molecule has 1 aromatic rings. The predicted molar refractivity (Wildman–Crippen MR) is 56.1 cm³/mol. The van der Waals surface area contributed by atoms with Gasteiger partial charge in [-0.2, -0.15) is 0 Å². The Bertz CT molecular complexity index is 292. The van der Waals surface area contributed by atoms with Gasteiger partial charge in [0.05, 0.1) is 5.92 Å². The topological polar surface area (TPSA) is 37.3 Å². The molecule has 14 heavy (non-hydrogen) atoms. The molecule has 0 unspecified atom stereocenters. The van der Waals surface area contributed by atoms with E-state index in [4.69, 9.17) is 5.11 Å². The maximum Gasteiger partial charge on any atom is 0.306 e. The number of carbonyl (C=O) groups is 1. The van der Waals surface area contributed by atoms with Crippen LogP contribution in [-0.4, -0.2) is 11.1 Å². The third-order valence-corrected chi connectivity index (χ3v) is 2.64. The number of carboxylic acids is 1. The quantitative estimate of drug-likeness (QED) is 0.796. The van der Waals surface area contributed by atoms with Gasteiger partial charge in [-0.25, -0.2) is 0 Å². The van der Waals surface area contributed by atoms with Gasteiger partial charge in [-0.15, -0.1) is 0 Å². The second kappa shape index (κ2) is 4.80. The van der Waals surface area contributed by atoms with Gasteiger partial charge < -0.3 is 5.11 Å². The highest BCUT2D eigenvalue weighted by molar-refractivity contribution is 5.69. The molecular weight excluding hydrogens is 176 g/mol. The number of hydrogen-bond acceptors (Lipinski definition) is 1. The largest absolute Gasteiger partial charge is 0.481 e. The smallest absolute Gasteiger partial charge is 0.306 e. The normalized spacial score (nSPS) is 14.7. The van der Waals surface area contributed by atoms with E-state index >= 15 is 0 Å². The number of rotatable bonds is 4. The van der Waals surface area contributed by atoms with Crippen LogP contribution in [0.25, 0.3) is 0 Å². The van der Waals surface area contributed by atoms with Crippen LogP contribution in [0.3, 0.4) is 0 Å². The van der Waals surface area contributed by atoms with Crippen molar-refractivity contribution in [3.05, 3.63) is 35.9 Å². The van der Waals surface area contributed by atoms with E-state index < -0.39 is 5.97 Å². The van der Waals surface area contributed by atoms with Gasteiger partial charge in [-0.1, -0.05) is 44.2 Å². The third-order valence-electron chi connectivity index (χ3n) is 2.64. The van der Waals surface area contributed by atoms with Crippen molar-refractivity contribution in [2.24, 2.45) is 11.8 Å². The molecule has 0 amide bonds. The molecule has 1 aromatic carbocycles. The van der Waals surface area contributed by atoms with Gasteiger partial charge in [-0.05, 0) is 17.9 Å². The lowest BCUT2D eigenvalue weighted by molar-refractivity contribution is -0.142. The Hall–Kier alpha value is -1.31. The molecular formula is C12H16O2. The zero-order valence-corrected chi connectivity index (χ0v) is 8.60. The Balaban J connectivity index is 2.57. The minimum absolute atomic E-state index is 0.176. The van der Waals surface area contributed by atoms with E-state index in [9.17, 15) is 4.79 Å². The van der Waals surface area contributed by atoms with Gasteiger partial charge in [-0.3, -0.25) is 4.79 Å². The van der Waals surface area contributed by atoms with Crippen molar-refractivity contribution in [1.82, 2.24) is 0 Å². The number of aliphatic carboxylic acids is 1. The fraction of sp³-hybridized carbons (Fsp3) is 0.417. The average molecular weight is 192 g/mol.